The lowest BCUT2D eigenvalue weighted by molar-refractivity contribution is -0.188. The molecule has 3 aliphatic heterocycles. The van der Waals surface area contributed by atoms with Crippen molar-refractivity contribution in [1.82, 2.24) is 15.1 Å². The number of piperidine rings is 1. The lowest BCUT2D eigenvalue weighted by Crippen LogP contribution is -2.71. The summed E-state index contributed by atoms with van der Waals surface area (Å²) >= 11 is 0. The van der Waals surface area contributed by atoms with Crippen molar-refractivity contribution in [3.05, 3.63) is 0 Å². The molecule has 1 saturated carbocycles. The Morgan fingerprint density at radius 2 is 1.89 bits per heavy atom. The maximum Gasteiger partial charge on any atom is 0.194 e. The van der Waals surface area contributed by atoms with Crippen LogP contribution in [0.5, 0.6) is 0 Å². The lowest BCUT2D eigenvalue weighted by Gasteiger charge is -2.60. The molecular formula is C21H39IN4O. The van der Waals surface area contributed by atoms with Gasteiger partial charge in [0, 0.05) is 49.7 Å². The van der Waals surface area contributed by atoms with Gasteiger partial charge in [0.05, 0.1) is 6.10 Å². The monoisotopic (exact) mass is 490 g/mol. The molecule has 6 heteroatoms. The first-order valence-corrected chi connectivity index (χ1v) is 11.0. The molecular weight excluding hydrogens is 451 g/mol. The largest absolute Gasteiger partial charge is 0.377 e. The Kier molecular flexibility index (Phi) is 7.34. The summed E-state index contributed by atoms with van der Waals surface area (Å²) in [5.41, 5.74) is 0.200. The van der Waals surface area contributed by atoms with Crippen molar-refractivity contribution >= 4 is 29.9 Å². The van der Waals surface area contributed by atoms with E-state index in [1.54, 1.807) is 0 Å². The van der Waals surface area contributed by atoms with E-state index in [0.717, 1.165) is 38.2 Å². The van der Waals surface area contributed by atoms with Crippen LogP contribution in [0.1, 0.15) is 59.3 Å². The van der Waals surface area contributed by atoms with Crippen molar-refractivity contribution in [1.29, 1.82) is 0 Å². The van der Waals surface area contributed by atoms with Crippen LogP contribution in [0.2, 0.25) is 0 Å². The van der Waals surface area contributed by atoms with Crippen LogP contribution in [-0.4, -0.2) is 73.3 Å². The van der Waals surface area contributed by atoms with Gasteiger partial charge in [0.2, 0.25) is 0 Å². The van der Waals surface area contributed by atoms with E-state index in [2.05, 4.69) is 35.9 Å². The third-order valence-corrected chi connectivity index (χ3v) is 7.29. The number of ether oxygens (including phenoxy) is 1. The van der Waals surface area contributed by atoms with Crippen molar-refractivity contribution in [2.75, 3.05) is 39.3 Å². The number of halogens is 1. The molecule has 1 aliphatic carbocycles. The summed E-state index contributed by atoms with van der Waals surface area (Å²) in [6.07, 6.45) is 8.38. The van der Waals surface area contributed by atoms with Gasteiger partial charge in [-0.25, -0.2) is 0 Å². The van der Waals surface area contributed by atoms with Crippen LogP contribution in [-0.2, 0) is 4.74 Å². The third kappa shape index (κ3) is 4.27. The first-order valence-electron chi connectivity index (χ1n) is 11.0. The Labute approximate surface area is 182 Å². The van der Waals surface area contributed by atoms with E-state index in [4.69, 9.17) is 9.73 Å². The number of hydrogen-bond donors (Lipinski definition) is 1. The van der Waals surface area contributed by atoms with E-state index in [1.807, 2.05) is 0 Å². The van der Waals surface area contributed by atoms with Gasteiger partial charge in [-0.15, -0.1) is 24.0 Å². The molecule has 0 aromatic carbocycles. The van der Waals surface area contributed by atoms with Crippen LogP contribution in [0, 0.1) is 11.3 Å². The number of rotatable bonds is 3. The van der Waals surface area contributed by atoms with Crippen molar-refractivity contribution in [3.8, 4) is 0 Å². The first-order chi connectivity index (χ1) is 12.6. The summed E-state index contributed by atoms with van der Waals surface area (Å²) in [6.45, 7) is 13.5. The van der Waals surface area contributed by atoms with E-state index in [1.165, 1.54) is 51.6 Å². The fourth-order valence-electron chi connectivity index (χ4n) is 5.86. The molecule has 1 N–H and O–H groups in total. The smallest absolute Gasteiger partial charge is 0.194 e. The summed E-state index contributed by atoms with van der Waals surface area (Å²) in [5.74, 6) is 1.80. The number of nitrogens with one attached hydrogen (secondary N) is 1. The predicted octanol–water partition coefficient (Wildman–Crippen LogP) is 3.33. The maximum atomic E-state index is 6.09. The van der Waals surface area contributed by atoms with E-state index < -0.39 is 0 Å². The first kappa shape index (κ1) is 21.6. The van der Waals surface area contributed by atoms with Gasteiger partial charge < -0.3 is 15.0 Å². The molecule has 27 heavy (non-hydrogen) atoms. The summed E-state index contributed by atoms with van der Waals surface area (Å²) < 4.78 is 6.09. The van der Waals surface area contributed by atoms with Crippen LogP contribution in [0.4, 0.5) is 0 Å². The molecule has 4 fully saturated rings. The molecule has 0 spiro atoms. The summed E-state index contributed by atoms with van der Waals surface area (Å²) in [6, 6.07) is 1.21. The number of guanidine groups is 1. The molecule has 3 heterocycles. The zero-order valence-corrected chi connectivity index (χ0v) is 19.8. The van der Waals surface area contributed by atoms with E-state index in [0.29, 0.717) is 18.1 Å². The Hall–Kier alpha value is -0.0800. The minimum absolute atomic E-state index is 0. The molecule has 5 nitrogen and oxygen atoms in total. The second-order valence-electron chi connectivity index (χ2n) is 9.32. The fraction of sp³-hybridized carbons (Fsp3) is 0.952. The van der Waals surface area contributed by atoms with Gasteiger partial charge in [0.25, 0.3) is 0 Å². The van der Waals surface area contributed by atoms with Gasteiger partial charge >= 0.3 is 0 Å². The average molecular weight is 490 g/mol. The van der Waals surface area contributed by atoms with Crippen LogP contribution in [0.15, 0.2) is 4.99 Å². The maximum absolute atomic E-state index is 6.09. The van der Waals surface area contributed by atoms with Crippen LogP contribution >= 0.6 is 24.0 Å². The van der Waals surface area contributed by atoms with Crippen LogP contribution in [0.25, 0.3) is 0 Å². The lowest BCUT2D eigenvalue weighted by atomic mass is 9.55. The topological polar surface area (TPSA) is 40.1 Å². The summed E-state index contributed by atoms with van der Waals surface area (Å²) in [5, 5.41) is 3.89. The zero-order valence-electron chi connectivity index (χ0n) is 17.5. The Bertz CT molecular complexity index is 520. The molecule has 0 aromatic rings. The van der Waals surface area contributed by atoms with Gasteiger partial charge in [-0.3, -0.25) is 9.89 Å². The molecule has 4 atom stereocenters. The highest BCUT2D eigenvalue weighted by Crippen LogP contribution is 2.51. The molecule has 4 unspecified atom stereocenters. The van der Waals surface area contributed by atoms with Crippen LogP contribution in [0.3, 0.4) is 0 Å². The standard InChI is InChI=1S/C21H38N4O.HI/c1-4-22-20(23-18-17-9-8-14-26-19(17)21(18,2)3)25-13-10-16(15-25)24-11-6-5-7-12-24;/h16-19H,4-15H2,1-3H3,(H,22,23);1H. The van der Waals surface area contributed by atoms with Crippen molar-refractivity contribution in [3.63, 3.8) is 0 Å². The SMILES string of the molecule is CCN=C(NC1C2CCCOC2C1(C)C)N1CCC(N2CCCCC2)C1.I. The van der Waals surface area contributed by atoms with Crippen molar-refractivity contribution < 1.29 is 4.74 Å². The number of nitrogens with zero attached hydrogens (tertiary/aromatic N) is 3. The van der Waals surface area contributed by atoms with E-state index in [9.17, 15) is 0 Å². The molecule has 0 bridgehead atoms. The predicted molar refractivity (Wildman–Crippen MR) is 122 cm³/mol. The Morgan fingerprint density at radius 1 is 1.11 bits per heavy atom. The van der Waals surface area contributed by atoms with E-state index >= 15 is 0 Å². The fourth-order valence-corrected chi connectivity index (χ4v) is 5.86. The molecule has 0 amide bonds. The van der Waals surface area contributed by atoms with Crippen LogP contribution < -0.4 is 5.32 Å². The normalized spacial score (nSPS) is 36.6. The van der Waals surface area contributed by atoms with Gasteiger partial charge in [0.1, 0.15) is 0 Å². The molecule has 4 rings (SSSR count). The Balaban J connectivity index is 0.00000210. The second-order valence-corrected chi connectivity index (χ2v) is 9.32. The number of fused-ring (bicyclic) bond motifs is 1. The molecule has 4 aliphatic rings. The highest BCUT2D eigenvalue weighted by molar-refractivity contribution is 14.0. The van der Waals surface area contributed by atoms with Gasteiger partial charge in [-0.1, -0.05) is 20.3 Å². The average Bonchev–Trinajstić information content (AvgIpc) is 3.16. The minimum Gasteiger partial charge on any atom is -0.377 e. The zero-order chi connectivity index (χ0) is 18.1. The minimum atomic E-state index is 0. The Morgan fingerprint density at radius 3 is 2.63 bits per heavy atom. The van der Waals surface area contributed by atoms with Gasteiger partial charge in [-0.05, 0) is 52.1 Å². The highest BCUT2D eigenvalue weighted by Gasteiger charge is 2.58. The van der Waals surface area contributed by atoms with Gasteiger partial charge in [-0.2, -0.15) is 0 Å². The van der Waals surface area contributed by atoms with E-state index in [-0.39, 0.29) is 29.4 Å². The number of aliphatic imine (C=N–C) groups is 1. The molecule has 3 saturated heterocycles. The number of likely N-dealkylation sites (tertiary alicyclic amines) is 2. The molecule has 0 aromatic heterocycles. The molecule has 156 valence electrons. The van der Waals surface area contributed by atoms with Gasteiger partial charge in [0.15, 0.2) is 5.96 Å². The highest BCUT2D eigenvalue weighted by atomic mass is 127. The van der Waals surface area contributed by atoms with Crippen molar-refractivity contribution in [2.45, 2.75) is 77.5 Å². The number of hydrogen-bond acceptors (Lipinski definition) is 3. The summed E-state index contributed by atoms with van der Waals surface area (Å²) in [7, 11) is 0. The quantitative estimate of drug-likeness (QED) is 0.375. The van der Waals surface area contributed by atoms with Crippen molar-refractivity contribution in [2.24, 2.45) is 16.3 Å². The second kappa shape index (κ2) is 9.16. The molecule has 0 radical (unpaired) electrons. The third-order valence-electron chi connectivity index (χ3n) is 7.29. The summed E-state index contributed by atoms with van der Waals surface area (Å²) in [4.78, 5) is 10.1.